The first-order chi connectivity index (χ1) is 8.61. The Morgan fingerprint density at radius 1 is 1.33 bits per heavy atom. The van der Waals surface area contributed by atoms with Crippen molar-refractivity contribution in [1.29, 1.82) is 0 Å². The molecule has 0 saturated carbocycles. The minimum Gasteiger partial charge on any atom is -0.491 e. The van der Waals surface area contributed by atoms with Crippen LogP contribution in [0.3, 0.4) is 0 Å². The Hall–Kier alpha value is -1.75. The monoisotopic (exact) mass is 308 g/mol. The van der Waals surface area contributed by atoms with E-state index in [-0.39, 0.29) is 0 Å². The molecule has 1 aromatic heterocycles. The van der Waals surface area contributed by atoms with E-state index < -0.39 is 0 Å². The van der Waals surface area contributed by atoms with Gasteiger partial charge in [-0.15, -0.1) is 0 Å². The maximum Gasteiger partial charge on any atom is 0.262 e. The highest BCUT2D eigenvalue weighted by molar-refractivity contribution is 9.10. The van der Waals surface area contributed by atoms with Crippen molar-refractivity contribution in [3.8, 4) is 17.4 Å². The van der Waals surface area contributed by atoms with Gasteiger partial charge in [-0.3, -0.25) is 0 Å². The lowest BCUT2D eigenvalue weighted by atomic mass is 10.2. The van der Waals surface area contributed by atoms with Crippen LogP contribution >= 0.6 is 15.9 Å². The molecule has 1 heterocycles. The Kier molecular flexibility index (Phi) is 3.72. The zero-order chi connectivity index (χ0) is 13.1. The number of benzene rings is 1. The van der Waals surface area contributed by atoms with Gasteiger partial charge < -0.3 is 15.2 Å². The fourth-order valence-corrected chi connectivity index (χ4v) is 2.19. The highest BCUT2D eigenvalue weighted by atomic mass is 79.9. The molecule has 0 aliphatic carbocycles. The molecule has 4 nitrogen and oxygen atoms in total. The summed E-state index contributed by atoms with van der Waals surface area (Å²) in [5.41, 5.74) is 7.41. The number of aryl methyl sites for hydroxylation is 1. The number of hydrogen-bond donors (Lipinski definition) is 1. The minimum atomic E-state index is 0.400. The van der Waals surface area contributed by atoms with E-state index in [4.69, 9.17) is 15.2 Å². The summed E-state index contributed by atoms with van der Waals surface area (Å²) in [5, 5.41) is 0. The summed E-state index contributed by atoms with van der Waals surface area (Å²) in [6, 6.07) is 7.29. The molecule has 0 spiro atoms. The Bertz CT molecular complexity index is 550. The first-order valence-electron chi connectivity index (χ1n) is 5.34. The van der Waals surface area contributed by atoms with Gasteiger partial charge in [0, 0.05) is 10.7 Å². The lowest BCUT2D eigenvalue weighted by Crippen LogP contribution is -1.98. The number of nitrogens with two attached hydrogens (primary N) is 1. The van der Waals surface area contributed by atoms with Crippen LogP contribution < -0.4 is 15.2 Å². The van der Waals surface area contributed by atoms with Gasteiger partial charge in [0.1, 0.15) is 0 Å². The SMILES string of the molecule is COc1cccnc1Oc1c(C)cc(Br)cc1N. The van der Waals surface area contributed by atoms with Crippen LogP contribution in [0.1, 0.15) is 5.56 Å². The second-order valence-electron chi connectivity index (χ2n) is 3.75. The van der Waals surface area contributed by atoms with Crippen molar-refractivity contribution in [1.82, 2.24) is 4.98 Å². The van der Waals surface area contributed by atoms with Crippen molar-refractivity contribution in [3.05, 3.63) is 40.5 Å². The third kappa shape index (κ3) is 2.56. The molecule has 0 aliphatic rings. The number of nitrogen functional groups attached to an aromatic ring is 1. The standard InChI is InChI=1S/C13H13BrN2O2/c1-8-6-9(14)7-10(15)12(8)18-13-11(17-2)4-3-5-16-13/h3-7H,15H2,1-2H3. The average Bonchev–Trinajstić information content (AvgIpc) is 2.34. The molecule has 0 aliphatic heterocycles. The number of hydrogen-bond acceptors (Lipinski definition) is 4. The molecule has 0 bridgehead atoms. The fourth-order valence-electron chi connectivity index (χ4n) is 1.60. The average molecular weight is 309 g/mol. The third-order valence-corrected chi connectivity index (χ3v) is 2.88. The van der Waals surface area contributed by atoms with E-state index in [1.807, 2.05) is 13.0 Å². The van der Waals surface area contributed by atoms with Gasteiger partial charge in [-0.2, -0.15) is 0 Å². The quantitative estimate of drug-likeness (QED) is 0.881. The van der Waals surface area contributed by atoms with Crippen LogP contribution in [-0.4, -0.2) is 12.1 Å². The van der Waals surface area contributed by atoms with E-state index in [9.17, 15) is 0 Å². The molecular formula is C13H13BrN2O2. The molecule has 5 heteroatoms. The maximum absolute atomic E-state index is 5.94. The molecule has 94 valence electrons. The predicted molar refractivity (Wildman–Crippen MR) is 74.2 cm³/mol. The van der Waals surface area contributed by atoms with Crippen LogP contribution in [0.25, 0.3) is 0 Å². The summed E-state index contributed by atoms with van der Waals surface area (Å²) in [4.78, 5) is 4.13. The van der Waals surface area contributed by atoms with E-state index in [1.54, 1.807) is 31.5 Å². The summed E-state index contributed by atoms with van der Waals surface area (Å²) in [6.45, 7) is 1.92. The van der Waals surface area contributed by atoms with Crippen molar-refractivity contribution in [2.45, 2.75) is 6.92 Å². The summed E-state index contributed by atoms with van der Waals surface area (Å²) in [7, 11) is 1.57. The predicted octanol–water partition coefficient (Wildman–Crippen LogP) is 3.54. The first-order valence-corrected chi connectivity index (χ1v) is 6.13. The lowest BCUT2D eigenvalue weighted by Gasteiger charge is -2.13. The fraction of sp³-hybridized carbons (Fsp3) is 0.154. The van der Waals surface area contributed by atoms with Crippen molar-refractivity contribution in [2.75, 3.05) is 12.8 Å². The smallest absolute Gasteiger partial charge is 0.262 e. The molecule has 0 unspecified atom stereocenters. The number of ether oxygens (including phenoxy) is 2. The summed E-state index contributed by atoms with van der Waals surface area (Å²) in [6.07, 6.45) is 1.64. The largest absolute Gasteiger partial charge is 0.491 e. The van der Waals surface area contributed by atoms with E-state index in [0.29, 0.717) is 23.1 Å². The molecule has 0 radical (unpaired) electrons. The van der Waals surface area contributed by atoms with Crippen molar-refractivity contribution < 1.29 is 9.47 Å². The highest BCUT2D eigenvalue weighted by Gasteiger charge is 2.11. The van der Waals surface area contributed by atoms with Gasteiger partial charge in [-0.05, 0) is 36.8 Å². The molecule has 0 saturated heterocycles. The van der Waals surface area contributed by atoms with Gasteiger partial charge in [0.2, 0.25) is 0 Å². The van der Waals surface area contributed by atoms with E-state index >= 15 is 0 Å². The van der Waals surface area contributed by atoms with Crippen LogP contribution in [0, 0.1) is 6.92 Å². The molecule has 0 amide bonds. The summed E-state index contributed by atoms with van der Waals surface area (Å²) >= 11 is 3.38. The van der Waals surface area contributed by atoms with Crippen molar-refractivity contribution >= 4 is 21.6 Å². The number of halogens is 1. The normalized spacial score (nSPS) is 10.2. The van der Waals surface area contributed by atoms with Crippen LogP contribution in [0.15, 0.2) is 34.9 Å². The van der Waals surface area contributed by atoms with Crippen LogP contribution in [0.5, 0.6) is 17.4 Å². The van der Waals surface area contributed by atoms with E-state index in [0.717, 1.165) is 10.0 Å². The number of nitrogens with zero attached hydrogens (tertiary/aromatic N) is 1. The first kappa shape index (κ1) is 12.7. The van der Waals surface area contributed by atoms with Gasteiger partial charge in [0.25, 0.3) is 5.88 Å². The van der Waals surface area contributed by atoms with Crippen molar-refractivity contribution in [2.24, 2.45) is 0 Å². The molecular weight excluding hydrogens is 296 g/mol. The molecule has 18 heavy (non-hydrogen) atoms. The topological polar surface area (TPSA) is 57.4 Å². The van der Waals surface area contributed by atoms with Crippen LogP contribution in [0.2, 0.25) is 0 Å². The van der Waals surface area contributed by atoms with Gasteiger partial charge in [-0.25, -0.2) is 4.98 Å². The zero-order valence-electron chi connectivity index (χ0n) is 10.1. The zero-order valence-corrected chi connectivity index (χ0v) is 11.7. The molecule has 1 aromatic carbocycles. The molecule has 2 rings (SSSR count). The van der Waals surface area contributed by atoms with Crippen LogP contribution in [-0.2, 0) is 0 Å². The van der Waals surface area contributed by atoms with Gasteiger partial charge in [0.15, 0.2) is 11.5 Å². The van der Waals surface area contributed by atoms with Gasteiger partial charge >= 0.3 is 0 Å². The molecule has 0 atom stereocenters. The third-order valence-electron chi connectivity index (χ3n) is 2.42. The van der Waals surface area contributed by atoms with Gasteiger partial charge in [0.05, 0.1) is 12.8 Å². The number of methoxy groups -OCH3 is 1. The number of aromatic nitrogens is 1. The minimum absolute atomic E-state index is 0.400. The Balaban J connectivity index is 2.40. The van der Waals surface area contributed by atoms with E-state index in [2.05, 4.69) is 20.9 Å². The van der Waals surface area contributed by atoms with E-state index in [1.165, 1.54) is 0 Å². The second-order valence-corrected chi connectivity index (χ2v) is 4.67. The molecule has 2 N–H and O–H groups in total. The number of anilines is 1. The number of rotatable bonds is 3. The molecule has 2 aromatic rings. The summed E-state index contributed by atoms with van der Waals surface area (Å²) in [5.74, 6) is 1.56. The van der Waals surface area contributed by atoms with Crippen LogP contribution in [0.4, 0.5) is 5.69 Å². The summed E-state index contributed by atoms with van der Waals surface area (Å²) < 4.78 is 11.8. The Morgan fingerprint density at radius 3 is 2.78 bits per heavy atom. The number of pyridine rings is 1. The second kappa shape index (κ2) is 5.27. The highest BCUT2D eigenvalue weighted by Crippen LogP contribution is 2.36. The maximum atomic E-state index is 5.94. The molecule has 0 fully saturated rings. The Labute approximate surface area is 114 Å². The van der Waals surface area contributed by atoms with Gasteiger partial charge in [-0.1, -0.05) is 15.9 Å². The Morgan fingerprint density at radius 2 is 2.11 bits per heavy atom. The lowest BCUT2D eigenvalue weighted by molar-refractivity contribution is 0.369. The van der Waals surface area contributed by atoms with Crippen molar-refractivity contribution in [3.63, 3.8) is 0 Å².